The SMILES string of the molecule is CC(C)(C)CC(C)(C)C1=CC(n2c3ccc(C(C)(C)C)cc3c3cc(C(C)(C)C)ccc32)C(O)(OCCCOc2cc(C(C)(C)C)ccc2-c2cc(C(C)(C)CC(C)(C)C)cc(-n3c4ccc(C(C)(C)C)cc4c4cc(C(C)(C)C)ccc43)c2O)C(c2ccc(C(C)(C)C)cc2)=C1. The molecule has 2 N–H and O–H groups in total. The van der Waals surface area contributed by atoms with Crippen molar-refractivity contribution in [3.8, 4) is 28.3 Å². The summed E-state index contributed by atoms with van der Waals surface area (Å²) in [5.41, 5.74) is 16.6. The van der Waals surface area contributed by atoms with Gasteiger partial charge >= 0.3 is 0 Å². The molecule has 2 atom stereocenters. The number of allylic oxidation sites excluding steroid dienone is 2. The van der Waals surface area contributed by atoms with Gasteiger partial charge in [0.1, 0.15) is 17.5 Å². The van der Waals surface area contributed by atoms with E-state index in [1.807, 2.05) is 0 Å². The second-order valence-electron chi connectivity index (χ2n) is 38.9. The van der Waals surface area contributed by atoms with Gasteiger partial charge in [-0.1, -0.05) is 261 Å². The van der Waals surface area contributed by atoms with Crippen molar-refractivity contribution in [2.24, 2.45) is 16.2 Å². The van der Waals surface area contributed by atoms with Gasteiger partial charge < -0.3 is 28.8 Å². The number of fused-ring (bicyclic) bond motifs is 6. The van der Waals surface area contributed by atoms with Gasteiger partial charge in [-0.3, -0.25) is 0 Å². The van der Waals surface area contributed by atoms with Gasteiger partial charge in [-0.2, -0.15) is 0 Å². The van der Waals surface area contributed by atoms with E-state index in [0.717, 1.165) is 84.8 Å². The molecule has 0 amide bonds. The topological polar surface area (TPSA) is 68.8 Å². The minimum Gasteiger partial charge on any atom is -0.505 e. The highest BCUT2D eigenvalue weighted by atomic mass is 16.6. The molecule has 0 aliphatic heterocycles. The first kappa shape index (κ1) is 72.9. The molecule has 1 aliphatic rings. The molecule has 97 heavy (non-hydrogen) atoms. The van der Waals surface area contributed by atoms with Crippen LogP contribution in [-0.4, -0.2) is 38.3 Å². The van der Waals surface area contributed by atoms with Crippen LogP contribution in [0.15, 0.2) is 145 Å². The van der Waals surface area contributed by atoms with Crippen molar-refractivity contribution in [1.82, 2.24) is 9.13 Å². The smallest absolute Gasteiger partial charge is 0.218 e. The summed E-state index contributed by atoms with van der Waals surface area (Å²) in [6, 6.07) is 46.8. The molecule has 0 bridgehead atoms. The second-order valence-corrected chi connectivity index (χ2v) is 38.9. The molecule has 1 aliphatic carbocycles. The molecule has 0 saturated carbocycles. The van der Waals surface area contributed by atoms with E-state index in [4.69, 9.17) is 9.47 Å². The van der Waals surface area contributed by atoms with Crippen molar-refractivity contribution >= 4 is 49.2 Å². The third-order valence-corrected chi connectivity index (χ3v) is 20.6. The number of aromatic hydroxyl groups is 1. The first-order chi connectivity index (χ1) is 44.4. The Morgan fingerprint density at radius 1 is 0.402 bits per heavy atom. The van der Waals surface area contributed by atoms with Crippen molar-refractivity contribution < 1.29 is 19.7 Å². The van der Waals surface area contributed by atoms with E-state index in [0.29, 0.717) is 17.7 Å². The van der Waals surface area contributed by atoms with Crippen LogP contribution < -0.4 is 4.74 Å². The highest BCUT2D eigenvalue weighted by Gasteiger charge is 2.48. The number of aliphatic hydroxyl groups is 1. The highest BCUT2D eigenvalue weighted by Crippen LogP contribution is 2.53. The fourth-order valence-corrected chi connectivity index (χ4v) is 15.6. The van der Waals surface area contributed by atoms with Gasteiger partial charge in [-0.05, 0) is 190 Å². The predicted molar refractivity (Wildman–Crippen MR) is 417 cm³/mol. The lowest BCUT2D eigenvalue weighted by atomic mass is 9.68. The number of phenols is 1. The number of rotatable bonds is 14. The Balaban J connectivity index is 1.12. The Morgan fingerprint density at radius 3 is 1.23 bits per heavy atom. The number of nitrogens with zero attached hydrogens (tertiary/aromatic N) is 2. The maximum atomic E-state index is 14.5. The largest absolute Gasteiger partial charge is 0.505 e. The molecule has 0 saturated heterocycles. The monoisotopic (exact) mass is 1300 g/mol. The highest BCUT2D eigenvalue weighted by molar-refractivity contribution is 6.11. The summed E-state index contributed by atoms with van der Waals surface area (Å²) in [6.45, 7) is 64.6. The van der Waals surface area contributed by atoms with Crippen LogP contribution in [0.3, 0.4) is 0 Å². The average molecular weight is 1310 g/mol. The quantitative estimate of drug-likeness (QED) is 0.0841. The molecular weight excluding hydrogens is 1190 g/mol. The summed E-state index contributed by atoms with van der Waals surface area (Å²) in [4.78, 5) is 0. The summed E-state index contributed by atoms with van der Waals surface area (Å²) in [6.07, 6.45) is 6.88. The zero-order valence-corrected chi connectivity index (χ0v) is 65.0. The summed E-state index contributed by atoms with van der Waals surface area (Å²) in [7, 11) is 0. The zero-order chi connectivity index (χ0) is 71.7. The van der Waals surface area contributed by atoms with Crippen molar-refractivity contribution in [3.05, 3.63) is 190 Å². The molecule has 0 radical (unpaired) electrons. The molecule has 2 heterocycles. The minimum atomic E-state index is -1.86. The van der Waals surface area contributed by atoms with Crippen LogP contribution in [0.5, 0.6) is 11.5 Å². The minimum absolute atomic E-state index is 0.0153. The van der Waals surface area contributed by atoms with Crippen molar-refractivity contribution in [2.45, 2.75) is 263 Å². The normalized spacial score (nSPS) is 16.9. The molecule has 0 fully saturated rings. The summed E-state index contributed by atoms with van der Waals surface area (Å²) in [5.74, 6) is -0.980. The Morgan fingerprint density at radius 2 is 0.794 bits per heavy atom. The first-order valence-electron chi connectivity index (χ1n) is 36.1. The third-order valence-electron chi connectivity index (χ3n) is 20.6. The molecule has 0 spiro atoms. The van der Waals surface area contributed by atoms with E-state index in [9.17, 15) is 10.2 Å². The van der Waals surface area contributed by atoms with E-state index in [-0.39, 0.29) is 73.1 Å². The van der Waals surface area contributed by atoms with Crippen LogP contribution in [0.1, 0.15) is 264 Å². The number of benzene rings is 7. The van der Waals surface area contributed by atoms with Gasteiger partial charge in [-0.15, -0.1) is 0 Å². The predicted octanol–water partition coefficient (Wildman–Crippen LogP) is 25.0. The Bertz CT molecular complexity index is 4370. The van der Waals surface area contributed by atoms with E-state index in [1.54, 1.807) is 0 Å². The van der Waals surface area contributed by atoms with Crippen LogP contribution in [-0.2, 0) is 42.6 Å². The lowest BCUT2D eigenvalue weighted by Crippen LogP contribution is -2.45. The maximum absolute atomic E-state index is 14.5. The molecule has 2 unspecified atom stereocenters. The molecule has 9 aromatic rings. The maximum Gasteiger partial charge on any atom is 0.218 e. The van der Waals surface area contributed by atoms with Gasteiger partial charge in [-0.25, -0.2) is 0 Å². The molecule has 6 nitrogen and oxygen atoms in total. The van der Waals surface area contributed by atoms with E-state index in [1.165, 1.54) is 38.6 Å². The summed E-state index contributed by atoms with van der Waals surface area (Å²) in [5, 5.41) is 32.6. The van der Waals surface area contributed by atoms with E-state index < -0.39 is 11.8 Å². The number of hydrogen-bond donors (Lipinski definition) is 2. The number of phenolic OH excluding ortho intramolecular Hbond substituents is 1. The van der Waals surface area contributed by atoms with E-state index in [2.05, 4.69) is 343 Å². The standard InChI is InChI=1S/C91H120N2O4/c1-81(2,3)55-89(25,26)64-50-71(80(94)77(52-64)92-73-40-35-59(84(10,11)12)46-67(73)68-47-60(85(13,14)15)36-41-74(68)92)66-39-34-63(88(22,23)24)53-78(66)96-44-29-45-97-91(95)72(57-30-32-58(33-31-57)83(7,8)9)51-65(90(27,28)56-82(4,5)6)54-79(91)93-75-42-37-61(86(16,17)18)48-69(75)70-49-62(87(19,20)21)38-43-76(70)93/h30-43,46-54,79,94-95H,29,44-45,55-56H2,1-28H3. The lowest BCUT2D eigenvalue weighted by Gasteiger charge is -2.44. The van der Waals surface area contributed by atoms with Gasteiger partial charge in [0.2, 0.25) is 5.79 Å². The van der Waals surface area contributed by atoms with Gasteiger partial charge in [0.15, 0.2) is 0 Å². The van der Waals surface area contributed by atoms with Gasteiger partial charge in [0.25, 0.3) is 0 Å². The second kappa shape index (κ2) is 24.8. The summed E-state index contributed by atoms with van der Waals surface area (Å²) >= 11 is 0. The fourth-order valence-electron chi connectivity index (χ4n) is 15.6. The zero-order valence-electron chi connectivity index (χ0n) is 65.0. The first-order valence-corrected chi connectivity index (χ1v) is 36.1. The van der Waals surface area contributed by atoms with Crippen LogP contribution in [0, 0.1) is 16.2 Å². The van der Waals surface area contributed by atoms with Crippen LogP contribution >= 0.6 is 0 Å². The average Bonchev–Trinajstić information content (AvgIpc) is 1.63. The Hall–Kier alpha value is -6.86. The van der Waals surface area contributed by atoms with Gasteiger partial charge in [0.05, 0.1) is 29.9 Å². The van der Waals surface area contributed by atoms with Crippen molar-refractivity contribution in [1.29, 1.82) is 0 Å². The molecule has 518 valence electrons. The van der Waals surface area contributed by atoms with Crippen LogP contribution in [0.25, 0.3) is 66.0 Å². The number of hydrogen-bond acceptors (Lipinski definition) is 4. The Kier molecular flexibility index (Phi) is 18.6. The van der Waals surface area contributed by atoms with Crippen LogP contribution in [0.4, 0.5) is 0 Å². The molecule has 2 aromatic heterocycles. The van der Waals surface area contributed by atoms with Crippen molar-refractivity contribution in [2.75, 3.05) is 13.2 Å². The van der Waals surface area contributed by atoms with Gasteiger partial charge in [0, 0.05) is 55.7 Å². The molecule has 6 heteroatoms. The molecule has 10 rings (SSSR count). The molecular formula is C91H120N2O4. The number of aromatic nitrogens is 2. The third kappa shape index (κ3) is 14.9. The van der Waals surface area contributed by atoms with Crippen LogP contribution in [0.2, 0.25) is 0 Å². The van der Waals surface area contributed by atoms with E-state index >= 15 is 0 Å². The molecule has 7 aromatic carbocycles. The number of ether oxygens (including phenoxy) is 2. The summed E-state index contributed by atoms with van der Waals surface area (Å²) < 4.78 is 19.3. The van der Waals surface area contributed by atoms with Crippen molar-refractivity contribution in [3.63, 3.8) is 0 Å². The fraction of sp³-hybridized carbons (Fsp3) is 0.495. The lowest BCUT2D eigenvalue weighted by molar-refractivity contribution is -0.179. The Labute approximate surface area is 585 Å².